The van der Waals surface area contributed by atoms with Gasteiger partial charge >= 0.3 is 6.09 Å². The molecule has 2 aromatic rings. The van der Waals surface area contributed by atoms with Gasteiger partial charge in [-0.15, -0.1) is 0 Å². The molecule has 2 aromatic carbocycles. The highest BCUT2D eigenvalue weighted by atomic mass is 35.6. The van der Waals surface area contributed by atoms with Crippen molar-refractivity contribution in [3.8, 4) is 0 Å². The number of hydrogen-bond donors (Lipinski definition) is 2. The number of nitrogens with one attached hydrogen (secondary N) is 1. The van der Waals surface area contributed by atoms with Crippen LogP contribution < -0.4 is 11.1 Å². The average Bonchev–Trinajstić information content (AvgIpc) is 2.57. The number of fused-ring (bicyclic) bond motifs is 2. The predicted octanol–water partition coefficient (Wildman–Crippen LogP) is 3.96. The lowest BCUT2D eigenvalue weighted by Gasteiger charge is -2.21. The number of ketones is 2. The van der Waals surface area contributed by atoms with Gasteiger partial charge in [0.05, 0.1) is 11.3 Å². The summed E-state index contributed by atoms with van der Waals surface area (Å²) in [4.78, 5) is 37.5. The number of carbonyl (C=O) groups is 3. The van der Waals surface area contributed by atoms with Crippen LogP contribution in [0.4, 0.5) is 16.2 Å². The summed E-state index contributed by atoms with van der Waals surface area (Å²) in [6.45, 7) is -0.496. The second kappa shape index (κ2) is 6.79. The van der Waals surface area contributed by atoms with Crippen LogP contribution >= 0.6 is 34.8 Å². The highest BCUT2D eigenvalue weighted by molar-refractivity contribution is 6.67. The summed E-state index contributed by atoms with van der Waals surface area (Å²) >= 11 is 16.6. The van der Waals surface area contributed by atoms with Crippen LogP contribution in [0.5, 0.6) is 0 Å². The number of hydrogen-bond acceptors (Lipinski definition) is 5. The zero-order chi connectivity index (χ0) is 19.1. The molecule has 26 heavy (non-hydrogen) atoms. The van der Waals surface area contributed by atoms with Crippen LogP contribution in [-0.4, -0.2) is 28.1 Å². The highest BCUT2D eigenvalue weighted by Crippen LogP contribution is 2.34. The minimum absolute atomic E-state index is 0.0359. The van der Waals surface area contributed by atoms with Crippen molar-refractivity contribution < 1.29 is 19.1 Å². The van der Waals surface area contributed by atoms with E-state index in [0.29, 0.717) is 0 Å². The van der Waals surface area contributed by atoms with Gasteiger partial charge in [0.15, 0.2) is 11.6 Å². The molecular weight excluding hydrogens is 403 g/mol. The lowest BCUT2D eigenvalue weighted by molar-refractivity contribution is 0.0979. The monoisotopic (exact) mass is 412 g/mol. The third kappa shape index (κ3) is 3.62. The average molecular weight is 414 g/mol. The smallest absolute Gasteiger partial charge is 0.411 e. The van der Waals surface area contributed by atoms with Gasteiger partial charge in [-0.1, -0.05) is 59.1 Å². The highest BCUT2D eigenvalue weighted by Gasteiger charge is 2.32. The Morgan fingerprint density at radius 3 is 2.27 bits per heavy atom. The number of nitrogens with two attached hydrogens (primary N) is 1. The quantitative estimate of drug-likeness (QED) is 0.489. The van der Waals surface area contributed by atoms with Gasteiger partial charge in [-0.3, -0.25) is 14.9 Å². The van der Waals surface area contributed by atoms with Crippen LogP contribution in [0, 0.1) is 0 Å². The number of halogens is 3. The number of alkyl halides is 3. The number of ether oxygens (including phenoxy) is 1. The molecule has 1 aliphatic rings. The second-order valence-corrected chi connectivity index (χ2v) is 8.03. The lowest BCUT2D eigenvalue weighted by atomic mass is 9.83. The molecule has 0 aliphatic heterocycles. The number of nitrogen functional groups attached to an aromatic ring is 1. The van der Waals surface area contributed by atoms with Crippen LogP contribution in [0.15, 0.2) is 36.4 Å². The third-order valence-corrected chi connectivity index (χ3v) is 3.98. The predicted molar refractivity (Wildman–Crippen MR) is 99.4 cm³/mol. The van der Waals surface area contributed by atoms with Crippen LogP contribution in [0.1, 0.15) is 31.8 Å². The van der Waals surface area contributed by atoms with Gasteiger partial charge in [-0.05, 0) is 12.1 Å². The second-order valence-electron chi connectivity index (χ2n) is 5.51. The standard InChI is InChI=1S/C17H11Cl3N2O4/c18-17(19,20)7-26-16(25)22-12-6-8(21)5-11-13(12)15(24)10-4-2-1-3-9(10)14(11)23/h1-6H,7,21H2,(H,22,25). The van der Waals surface area contributed by atoms with Gasteiger partial charge < -0.3 is 10.5 Å². The van der Waals surface area contributed by atoms with E-state index in [1.165, 1.54) is 12.1 Å². The molecule has 0 radical (unpaired) electrons. The molecule has 0 heterocycles. The normalized spacial score (nSPS) is 13.0. The van der Waals surface area contributed by atoms with Crippen LogP contribution in [-0.2, 0) is 4.74 Å². The Morgan fingerprint density at radius 1 is 1.04 bits per heavy atom. The van der Waals surface area contributed by atoms with Crippen molar-refractivity contribution in [2.24, 2.45) is 0 Å². The molecule has 134 valence electrons. The third-order valence-electron chi connectivity index (χ3n) is 3.65. The summed E-state index contributed by atoms with van der Waals surface area (Å²) in [5, 5.41) is 2.38. The summed E-state index contributed by atoms with van der Waals surface area (Å²) in [6.07, 6.45) is -0.955. The summed E-state index contributed by atoms with van der Waals surface area (Å²) in [5.74, 6) is -0.771. The maximum absolute atomic E-state index is 12.8. The first-order valence-electron chi connectivity index (χ1n) is 7.30. The first-order valence-corrected chi connectivity index (χ1v) is 8.43. The molecule has 3 N–H and O–H groups in total. The Morgan fingerprint density at radius 2 is 1.65 bits per heavy atom. The Hall–Kier alpha value is -2.28. The number of carbonyl (C=O) groups excluding carboxylic acids is 3. The molecule has 9 heteroatoms. The minimum atomic E-state index is -1.78. The van der Waals surface area contributed by atoms with E-state index in [0.717, 1.165) is 0 Å². The number of anilines is 2. The Labute approximate surface area is 163 Å². The molecule has 0 saturated carbocycles. The molecule has 0 aromatic heterocycles. The molecule has 0 spiro atoms. The Bertz CT molecular complexity index is 938. The molecule has 3 rings (SSSR count). The number of amides is 1. The van der Waals surface area contributed by atoms with Gasteiger partial charge in [0, 0.05) is 22.4 Å². The van der Waals surface area contributed by atoms with E-state index in [-0.39, 0.29) is 39.4 Å². The van der Waals surface area contributed by atoms with Crippen LogP contribution in [0.25, 0.3) is 0 Å². The summed E-state index contributed by atoms with van der Waals surface area (Å²) in [6, 6.07) is 9.16. The van der Waals surface area contributed by atoms with E-state index in [1.54, 1.807) is 24.3 Å². The SMILES string of the molecule is Nc1cc(NC(=O)OCC(Cl)(Cl)Cl)c2c(c1)C(=O)c1ccccc1C2=O. The van der Waals surface area contributed by atoms with Crippen molar-refractivity contribution in [3.05, 3.63) is 58.7 Å². The van der Waals surface area contributed by atoms with Crippen molar-refractivity contribution in [1.82, 2.24) is 0 Å². The van der Waals surface area contributed by atoms with Gasteiger partial charge in [0.25, 0.3) is 0 Å². The molecule has 1 aliphatic carbocycles. The van der Waals surface area contributed by atoms with E-state index >= 15 is 0 Å². The maximum Gasteiger partial charge on any atom is 0.411 e. The first-order chi connectivity index (χ1) is 12.2. The fourth-order valence-corrected chi connectivity index (χ4v) is 2.80. The summed E-state index contributed by atoms with van der Waals surface area (Å²) in [5.41, 5.74) is 6.71. The van der Waals surface area contributed by atoms with Crippen molar-refractivity contribution in [2.45, 2.75) is 3.79 Å². The van der Waals surface area contributed by atoms with Crippen molar-refractivity contribution in [3.63, 3.8) is 0 Å². The topological polar surface area (TPSA) is 98.5 Å². The maximum atomic E-state index is 12.8. The van der Waals surface area contributed by atoms with Crippen molar-refractivity contribution >= 4 is 63.8 Å². The largest absolute Gasteiger partial charge is 0.445 e. The van der Waals surface area contributed by atoms with Crippen LogP contribution in [0.2, 0.25) is 0 Å². The molecule has 0 saturated heterocycles. The summed E-state index contributed by atoms with van der Waals surface area (Å²) < 4.78 is 3.01. The molecule has 0 unspecified atom stereocenters. The van der Waals surface area contributed by atoms with Gasteiger partial charge in [-0.2, -0.15) is 0 Å². The molecular formula is C17H11Cl3N2O4. The Balaban J connectivity index is 1.99. The Kier molecular flexibility index (Phi) is 4.84. The molecule has 0 bridgehead atoms. The summed E-state index contributed by atoms with van der Waals surface area (Å²) in [7, 11) is 0. The zero-order valence-corrected chi connectivity index (χ0v) is 15.3. The van der Waals surface area contributed by atoms with Crippen LogP contribution in [0.3, 0.4) is 0 Å². The number of rotatable bonds is 2. The fourth-order valence-electron chi connectivity index (χ4n) is 2.64. The van der Waals surface area contributed by atoms with Gasteiger partial charge in [-0.25, -0.2) is 4.79 Å². The van der Waals surface area contributed by atoms with Crippen molar-refractivity contribution in [2.75, 3.05) is 17.7 Å². The minimum Gasteiger partial charge on any atom is -0.445 e. The van der Waals surface area contributed by atoms with Crippen molar-refractivity contribution in [1.29, 1.82) is 0 Å². The van der Waals surface area contributed by atoms with E-state index in [2.05, 4.69) is 5.32 Å². The van der Waals surface area contributed by atoms with E-state index in [1.807, 2.05) is 0 Å². The van der Waals surface area contributed by atoms with Gasteiger partial charge in [0.2, 0.25) is 3.79 Å². The molecule has 0 atom stereocenters. The van der Waals surface area contributed by atoms with E-state index in [9.17, 15) is 14.4 Å². The molecule has 6 nitrogen and oxygen atoms in total. The number of benzene rings is 2. The zero-order valence-electron chi connectivity index (χ0n) is 13.0. The van der Waals surface area contributed by atoms with Gasteiger partial charge in [0.1, 0.15) is 6.61 Å². The van der Waals surface area contributed by atoms with E-state index in [4.69, 9.17) is 45.3 Å². The lowest BCUT2D eigenvalue weighted by Crippen LogP contribution is -2.26. The fraction of sp³-hybridized carbons (Fsp3) is 0.118. The van der Waals surface area contributed by atoms with E-state index < -0.39 is 22.3 Å². The molecule has 0 fully saturated rings. The first kappa shape index (κ1) is 18.5. The molecule has 1 amide bonds.